The van der Waals surface area contributed by atoms with Gasteiger partial charge in [-0.05, 0) is 25.3 Å². The third kappa shape index (κ3) is 2.10. The summed E-state index contributed by atoms with van der Waals surface area (Å²) in [5.74, 6) is 2.68. The van der Waals surface area contributed by atoms with Gasteiger partial charge in [-0.25, -0.2) is 0 Å². The molecule has 1 aliphatic rings. The molecule has 0 bridgehead atoms. The van der Waals surface area contributed by atoms with Gasteiger partial charge in [-0.15, -0.1) is 6.42 Å². The Labute approximate surface area is 73.9 Å². The van der Waals surface area contributed by atoms with Crippen LogP contribution in [0.2, 0.25) is 0 Å². The van der Waals surface area contributed by atoms with Gasteiger partial charge in [0.15, 0.2) is 0 Å². The molecule has 0 spiro atoms. The number of hydrogen-bond acceptors (Lipinski definition) is 1. The third-order valence-corrected chi connectivity index (χ3v) is 1.75. The first-order valence-corrected chi connectivity index (χ1v) is 4.27. The fourth-order valence-corrected chi connectivity index (χ4v) is 1.10. The van der Waals surface area contributed by atoms with Crippen LogP contribution in [0.5, 0.6) is 0 Å². The van der Waals surface area contributed by atoms with Crippen molar-refractivity contribution in [1.82, 2.24) is 0 Å². The quantitative estimate of drug-likeness (QED) is 0.549. The van der Waals surface area contributed by atoms with E-state index in [9.17, 15) is 0 Å². The summed E-state index contributed by atoms with van der Waals surface area (Å²) >= 11 is 0. The van der Waals surface area contributed by atoms with E-state index in [0.29, 0.717) is 0 Å². The van der Waals surface area contributed by atoms with Crippen molar-refractivity contribution in [2.75, 3.05) is 0 Å². The number of nitrogens with zero attached hydrogens (tertiary/aromatic N) is 1. The Kier molecular flexibility index (Phi) is 3.35. The lowest BCUT2D eigenvalue weighted by Gasteiger charge is -2.06. The van der Waals surface area contributed by atoms with Gasteiger partial charge in [-0.1, -0.05) is 18.9 Å². The van der Waals surface area contributed by atoms with Crippen molar-refractivity contribution in [3.05, 3.63) is 23.4 Å². The standard InChI is InChI=1S/C11H13N/c1-3-5-8-11-10(4-2)7-6-9-12-11/h2,5,8-9H,3,6-7H2,1H3/b8-5-. The first kappa shape index (κ1) is 8.80. The highest BCUT2D eigenvalue weighted by molar-refractivity contribution is 5.64. The largest absolute Gasteiger partial charge is 0.260 e. The highest BCUT2D eigenvalue weighted by Crippen LogP contribution is 2.16. The highest BCUT2D eigenvalue weighted by atomic mass is 14.7. The van der Waals surface area contributed by atoms with Crippen LogP contribution in [0.4, 0.5) is 0 Å². The lowest BCUT2D eigenvalue weighted by molar-refractivity contribution is 1.01. The van der Waals surface area contributed by atoms with Gasteiger partial charge in [0.25, 0.3) is 0 Å². The summed E-state index contributed by atoms with van der Waals surface area (Å²) in [6, 6.07) is 0. The molecule has 0 aromatic carbocycles. The average Bonchev–Trinajstić information content (AvgIpc) is 2.15. The average molecular weight is 159 g/mol. The van der Waals surface area contributed by atoms with Gasteiger partial charge in [0.05, 0.1) is 5.70 Å². The molecule has 0 saturated carbocycles. The van der Waals surface area contributed by atoms with E-state index in [1.807, 2.05) is 12.3 Å². The van der Waals surface area contributed by atoms with E-state index in [1.54, 1.807) is 0 Å². The van der Waals surface area contributed by atoms with Gasteiger partial charge in [-0.2, -0.15) is 0 Å². The molecule has 0 unspecified atom stereocenters. The zero-order chi connectivity index (χ0) is 8.81. The fraction of sp³-hybridized carbons (Fsp3) is 0.364. The first-order chi connectivity index (χ1) is 5.88. The topological polar surface area (TPSA) is 12.4 Å². The Bertz CT molecular complexity index is 274. The molecule has 0 aromatic rings. The second kappa shape index (κ2) is 4.56. The van der Waals surface area contributed by atoms with Crippen molar-refractivity contribution in [1.29, 1.82) is 0 Å². The summed E-state index contributed by atoms with van der Waals surface area (Å²) in [5, 5.41) is 0. The van der Waals surface area contributed by atoms with Crippen LogP contribution >= 0.6 is 0 Å². The lowest BCUT2D eigenvalue weighted by Crippen LogP contribution is -1.93. The van der Waals surface area contributed by atoms with Gasteiger partial charge in [0, 0.05) is 11.8 Å². The van der Waals surface area contributed by atoms with Crippen LogP contribution in [0.25, 0.3) is 0 Å². The van der Waals surface area contributed by atoms with Crippen molar-refractivity contribution in [2.45, 2.75) is 26.2 Å². The number of rotatable bonds is 2. The van der Waals surface area contributed by atoms with Gasteiger partial charge < -0.3 is 0 Å². The van der Waals surface area contributed by atoms with Crippen molar-refractivity contribution >= 4 is 6.21 Å². The first-order valence-electron chi connectivity index (χ1n) is 4.27. The number of hydrogen-bond donors (Lipinski definition) is 0. The van der Waals surface area contributed by atoms with E-state index in [4.69, 9.17) is 6.42 Å². The van der Waals surface area contributed by atoms with Crippen LogP contribution < -0.4 is 0 Å². The summed E-state index contributed by atoms with van der Waals surface area (Å²) < 4.78 is 0. The van der Waals surface area contributed by atoms with Crippen molar-refractivity contribution in [2.24, 2.45) is 4.99 Å². The molecule has 1 rings (SSSR count). The van der Waals surface area contributed by atoms with Gasteiger partial charge in [0.1, 0.15) is 0 Å². The zero-order valence-corrected chi connectivity index (χ0v) is 7.38. The molecule has 12 heavy (non-hydrogen) atoms. The maximum Gasteiger partial charge on any atom is 0.0737 e. The molecular weight excluding hydrogens is 146 g/mol. The van der Waals surface area contributed by atoms with Gasteiger partial charge in [0.2, 0.25) is 0 Å². The summed E-state index contributed by atoms with van der Waals surface area (Å²) in [6.07, 6.45) is 14.3. The molecule has 0 fully saturated rings. The Morgan fingerprint density at radius 1 is 1.75 bits per heavy atom. The number of aliphatic imine (C=N–C) groups is 1. The van der Waals surface area contributed by atoms with Gasteiger partial charge >= 0.3 is 0 Å². The molecule has 0 aliphatic carbocycles. The van der Waals surface area contributed by atoms with Crippen LogP contribution in [-0.4, -0.2) is 6.21 Å². The van der Waals surface area contributed by atoms with E-state index >= 15 is 0 Å². The number of terminal acetylenes is 1. The highest BCUT2D eigenvalue weighted by Gasteiger charge is 2.03. The van der Waals surface area contributed by atoms with E-state index < -0.39 is 0 Å². The van der Waals surface area contributed by atoms with Crippen LogP contribution in [0, 0.1) is 12.3 Å². The molecule has 62 valence electrons. The maximum absolute atomic E-state index is 5.35. The summed E-state index contributed by atoms with van der Waals surface area (Å²) in [4.78, 5) is 4.24. The smallest absolute Gasteiger partial charge is 0.0737 e. The molecule has 0 atom stereocenters. The molecular formula is C11H13N. The molecule has 0 saturated heterocycles. The Morgan fingerprint density at radius 3 is 3.25 bits per heavy atom. The third-order valence-electron chi connectivity index (χ3n) is 1.75. The van der Waals surface area contributed by atoms with E-state index in [2.05, 4.69) is 23.9 Å². The van der Waals surface area contributed by atoms with E-state index in [1.165, 1.54) is 0 Å². The van der Waals surface area contributed by atoms with Crippen LogP contribution in [-0.2, 0) is 0 Å². The maximum atomic E-state index is 5.35. The zero-order valence-electron chi connectivity index (χ0n) is 7.38. The summed E-state index contributed by atoms with van der Waals surface area (Å²) in [7, 11) is 0. The molecule has 1 heterocycles. The molecule has 0 aromatic heterocycles. The molecule has 1 aliphatic heterocycles. The minimum absolute atomic E-state index is 0.962. The minimum atomic E-state index is 0.962. The van der Waals surface area contributed by atoms with Crippen LogP contribution in [0.15, 0.2) is 28.4 Å². The van der Waals surface area contributed by atoms with Gasteiger partial charge in [-0.3, -0.25) is 4.99 Å². The normalized spacial score (nSPS) is 17.0. The van der Waals surface area contributed by atoms with Crippen LogP contribution in [0.3, 0.4) is 0 Å². The Hall–Kier alpha value is -1.29. The van der Waals surface area contributed by atoms with Crippen molar-refractivity contribution in [3.8, 4) is 12.3 Å². The lowest BCUT2D eigenvalue weighted by atomic mass is 10.1. The Balaban J connectivity index is 2.83. The second-order valence-corrected chi connectivity index (χ2v) is 2.67. The second-order valence-electron chi connectivity index (χ2n) is 2.67. The summed E-state index contributed by atoms with van der Waals surface area (Å²) in [5.41, 5.74) is 1.99. The predicted molar refractivity (Wildman–Crippen MR) is 53.0 cm³/mol. The Morgan fingerprint density at radius 2 is 2.58 bits per heavy atom. The molecule has 0 radical (unpaired) electrons. The molecule has 0 N–H and O–H groups in total. The molecule has 1 nitrogen and oxygen atoms in total. The van der Waals surface area contributed by atoms with Crippen molar-refractivity contribution < 1.29 is 0 Å². The fourth-order valence-electron chi connectivity index (χ4n) is 1.10. The molecule has 0 amide bonds. The van der Waals surface area contributed by atoms with Crippen molar-refractivity contribution in [3.63, 3.8) is 0 Å². The monoisotopic (exact) mass is 159 g/mol. The number of allylic oxidation sites excluding steroid dienone is 3. The van der Waals surface area contributed by atoms with Crippen LogP contribution in [0.1, 0.15) is 26.2 Å². The SMILES string of the molecule is C#CC1=C(/C=C\CC)N=CCC1. The molecule has 1 heteroatoms. The predicted octanol–water partition coefficient (Wildman–Crippen LogP) is 2.70. The minimum Gasteiger partial charge on any atom is -0.260 e. The van der Waals surface area contributed by atoms with E-state index in [-0.39, 0.29) is 0 Å². The summed E-state index contributed by atoms with van der Waals surface area (Å²) in [6.45, 7) is 2.10. The van der Waals surface area contributed by atoms with E-state index in [0.717, 1.165) is 30.5 Å².